The number of hydrogen-bond acceptors (Lipinski definition) is 2. The lowest BCUT2D eigenvalue weighted by atomic mass is 9.95. The fourth-order valence-corrected chi connectivity index (χ4v) is 2.47. The second-order valence-electron chi connectivity index (χ2n) is 5.71. The molecule has 3 nitrogen and oxygen atoms in total. The van der Waals surface area contributed by atoms with Gasteiger partial charge in [0.2, 0.25) is 5.91 Å². The van der Waals surface area contributed by atoms with Crippen molar-refractivity contribution in [2.75, 3.05) is 6.54 Å². The summed E-state index contributed by atoms with van der Waals surface area (Å²) in [6, 6.07) is 2.09. The van der Waals surface area contributed by atoms with Gasteiger partial charge in [0.1, 0.15) is 5.92 Å². The van der Waals surface area contributed by atoms with Crippen LogP contribution in [0.25, 0.3) is 0 Å². The number of nitriles is 1. The van der Waals surface area contributed by atoms with E-state index in [1.165, 1.54) is 25.7 Å². The average Bonchev–Trinajstić information content (AvgIpc) is 3.08. The smallest absolute Gasteiger partial charge is 0.237 e. The van der Waals surface area contributed by atoms with E-state index >= 15 is 0 Å². The normalized spacial score (nSPS) is 23.6. The third kappa shape index (κ3) is 2.21. The zero-order valence-corrected chi connectivity index (χ0v) is 10.1. The molecule has 88 valence electrons. The van der Waals surface area contributed by atoms with Gasteiger partial charge in [-0.25, -0.2) is 0 Å². The van der Waals surface area contributed by atoms with Crippen LogP contribution < -0.4 is 5.32 Å². The van der Waals surface area contributed by atoms with Crippen molar-refractivity contribution in [1.29, 1.82) is 5.26 Å². The van der Waals surface area contributed by atoms with E-state index in [9.17, 15) is 4.79 Å². The summed E-state index contributed by atoms with van der Waals surface area (Å²) < 4.78 is 0. The Labute approximate surface area is 97.2 Å². The highest BCUT2D eigenvalue weighted by Gasteiger charge is 2.53. The summed E-state index contributed by atoms with van der Waals surface area (Å²) in [6.07, 6.45) is 5.19. The average molecular weight is 220 g/mol. The molecule has 16 heavy (non-hydrogen) atoms. The molecule has 2 fully saturated rings. The summed E-state index contributed by atoms with van der Waals surface area (Å²) in [7, 11) is 0. The predicted octanol–water partition coefficient (Wildman–Crippen LogP) is 2.09. The van der Waals surface area contributed by atoms with E-state index < -0.39 is 5.92 Å². The van der Waals surface area contributed by atoms with Crippen LogP contribution in [0.3, 0.4) is 0 Å². The van der Waals surface area contributed by atoms with Crippen LogP contribution in [0.1, 0.15) is 39.5 Å². The van der Waals surface area contributed by atoms with Gasteiger partial charge in [-0.1, -0.05) is 13.8 Å². The summed E-state index contributed by atoms with van der Waals surface area (Å²) in [5.41, 5.74) is 0.423. The zero-order chi connectivity index (χ0) is 11.8. The lowest BCUT2D eigenvalue weighted by molar-refractivity contribution is -0.124. The highest BCUT2D eigenvalue weighted by Crippen LogP contribution is 2.60. The van der Waals surface area contributed by atoms with Gasteiger partial charge >= 0.3 is 0 Å². The summed E-state index contributed by atoms with van der Waals surface area (Å²) in [4.78, 5) is 11.8. The van der Waals surface area contributed by atoms with Gasteiger partial charge in [-0.15, -0.1) is 0 Å². The third-order valence-electron chi connectivity index (χ3n) is 4.04. The fraction of sp³-hybridized carbons (Fsp3) is 0.846. The minimum atomic E-state index is -0.491. The van der Waals surface area contributed by atoms with Crippen LogP contribution in [0.4, 0.5) is 0 Å². The zero-order valence-electron chi connectivity index (χ0n) is 10.1. The Morgan fingerprint density at radius 2 is 2.12 bits per heavy atom. The summed E-state index contributed by atoms with van der Waals surface area (Å²) in [5, 5.41) is 11.9. The van der Waals surface area contributed by atoms with E-state index in [1.807, 2.05) is 13.8 Å². The van der Waals surface area contributed by atoms with Crippen molar-refractivity contribution >= 4 is 5.91 Å². The maximum Gasteiger partial charge on any atom is 0.237 e. The molecule has 2 aliphatic carbocycles. The van der Waals surface area contributed by atoms with Gasteiger partial charge in [-0.05, 0) is 42.9 Å². The van der Waals surface area contributed by atoms with Crippen molar-refractivity contribution in [3.63, 3.8) is 0 Å². The van der Waals surface area contributed by atoms with Gasteiger partial charge in [0.05, 0.1) is 6.07 Å². The Bertz CT molecular complexity index is 321. The molecule has 2 rings (SSSR count). The number of amides is 1. The molecule has 0 saturated heterocycles. The summed E-state index contributed by atoms with van der Waals surface area (Å²) in [6.45, 7) is 4.63. The molecule has 1 N–H and O–H groups in total. The Morgan fingerprint density at radius 3 is 2.50 bits per heavy atom. The van der Waals surface area contributed by atoms with E-state index in [-0.39, 0.29) is 11.8 Å². The van der Waals surface area contributed by atoms with Gasteiger partial charge in [0.15, 0.2) is 0 Å². The molecule has 0 aromatic carbocycles. The molecular weight excluding hydrogens is 200 g/mol. The lowest BCUT2D eigenvalue weighted by Gasteiger charge is -2.18. The van der Waals surface area contributed by atoms with Crippen molar-refractivity contribution in [1.82, 2.24) is 5.32 Å². The van der Waals surface area contributed by atoms with Gasteiger partial charge in [-0.3, -0.25) is 4.79 Å². The largest absolute Gasteiger partial charge is 0.354 e. The second-order valence-corrected chi connectivity index (χ2v) is 5.71. The minimum absolute atomic E-state index is 0.0792. The van der Waals surface area contributed by atoms with Crippen molar-refractivity contribution in [3.8, 4) is 6.07 Å². The first kappa shape index (κ1) is 11.4. The van der Waals surface area contributed by atoms with E-state index in [4.69, 9.17) is 5.26 Å². The predicted molar refractivity (Wildman–Crippen MR) is 61.3 cm³/mol. The Hall–Kier alpha value is -1.04. The van der Waals surface area contributed by atoms with Gasteiger partial charge in [-0.2, -0.15) is 5.26 Å². The molecule has 0 heterocycles. The van der Waals surface area contributed by atoms with Crippen LogP contribution in [0.2, 0.25) is 0 Å². The van der Waals surface area contributed by atoms with Crippen LogP contribution in [-0.2, 0) is 4.79 Å². The van der Waals surface area contributed by atoms with E-state index in [2.05, 4.69) is 11.4 Å². The number of rotatable bonds is 5. The van der Waals surface area contributed by atoms with Gasteiger partial charge in [0, 0.05) is 6.54 Å². The molecule has 0 aromatic rings. The van der Waals surface area contributed by atoms with E-state index in [0.29, 0.717) is 5.41 Å². The fourth-order valence-electron chi connectivity index (χ4n) is 2.47. The van der Waals surface area contributed by atoms with Crippen LogP contribution in [0.15, 0.2) is 0 Å². The molecule has 1 atom stereocenters. The number of nitrogens with one attached hydrogen (secondary N) is 1. The van der Waals surface area contributed by atoms with Crippen molar-refractivity contribution in [3.05, 3.63) is 0 Å². The first-order valence-electron chi connectivity index (χ1n) is 6.26. The maximum absolute atomic E-state index is 11.8. The topological polar surface area (TPSA) is 52.9 Å². The van der Waals surface area contributed by atoms with Gasteiger partial charge < -0.3 is 5.32 Å². The van der Waals surface area contributed by atoms with Crippen LogP contribution >= 0.6 is 0 Å². The van der Waals surface area contributed by atoms with Crippen LogP contribution in [-0.4, -0.2) is 12.5 Å². The first-order valence-corrected chi connectivity index (χ1v) is 6.26. The van der Waals surface area contributed by atoms with Gasteiger partial charge in [0.25, 0.3) is 0 Å². The number of carbonyl (C=O) groups excluding carboxylic acids is 1. The SMILES string of the molecule is CC(C)C(C#N)C(=O)NCC1(C2CC2)CC1. The first-order chi connectivity index (χ1) is 7.59. The molecule has 1 unspecified atom stereocenters. The molecule has 2 saturated carbocycles. The molecular formula is C13H20N2O. The molecule has 0 aromatic heterocycles. The second kappa shape index (κ2) is 4.08. The lowest BCUT2D eigenvalue weighted by Crippen LogP contribution is -2.37. The molecule has 0 spiro atoms. The Balaban J connectivity index is 1.81. The minimum Gasteiger partial charge on any atom is -0.354 e. The molecule has 0 radical (unpaired) electrons. The Kier molecular flexibility index (Phi) is 2.92. The third-order valence-corrected chi connectivity index (χ3v) is 4.04. The number of nitrogens with zero attached hydrogens (tertiary/aromatic N) is 1. The summed E-state index contributed by atoms with van der Waals surface area (Å²) in [5.74, 6) is 0.382. The maximum atomic E-state index is 11.8. The van der Waals surface area contributed by atoms with E-state index in [0.717, 1.165) is 12.5 Å². The van der Waals surface area contributed by atoms with Crippen LogP contribution in [0, 0.1) is 34.5 Å². The highest BCUT2D eigenvalue weighted by atomic mass is 16.1. The Morgan fingerprint density at radius 1 is 1.50 bits per heavy atom. The van der Waals surface area contributed by atoms with Crippen molar-refractivity contribution in [2.24, 2.45) is 23.2 Å². The van der Waals surface area contributed by atoms with E-state index in [1.54, 1.807) is 0 Å². The number of carbonyl (C=O) groups is 1. The quantitative estimate of drug-likeness (QED) is 0.771. The monoisotopic (exact) mass is 220 g/mol. The number of hydrogen-bond donors (Lipinski definition) is 1. The van der Waals surface area contributed by atoms with Crippen molar-refractivity contribution in [2.45, 2.75) is 39.5 Å². The molecule has 1 amide bonds. The molecule has 3 heteroatoms. The van der Waals surface area contributed by atoms with Crippen molar-refractivity contribution < 1.29 is 4.79 Å². The van der Waals surface area contributed by atoms with Crippen LogP contribution in [0.5, 0.6) is 0 Å². The highest BCUT2D eigenvalue weighted by molar-refractivity contribution is 5.81. The molecule has 0 aliphatic heterocycles. The standard InChI is InChI=1S/C13H20N2O/c1-9(2)11(7-14)12(16)15-8-13(5-6-13)10-3-4-10/h9-11H,3-6,8H2,1-2H3,(H,15,16). The summed E-state index contributed by atoms with van der Waals surface area (Å²) >= 11 is 0. The molecule has 2 aliphatic rings. The molecule has 0 bridgehead atoms.